The number of aliphatic hydroxyl groups is 1. The van der Waals surface area contributed by atoms with Crippen LogP contribution in [0, 0.1) is 0 Å². The predicted octanol–water partition coefficient (Wildman–Crippen LogP) is 2.83. The zero-order valence-corrected chi connectivity index (χ0v) is 12.9. The van der Waals surface area contributed by atoms with Crippen molar-refractivity contribution in [3.8, 4) is 0 Å². The minimum atomic E-state index is -1.22. The van der Waals surface area contributed by atoms with Crippen molar-refractivity contribution in [2.24, 2.45) is 5.16 Å². The van der Waals surface area contributed by atoms with E-state index in [9.17, 15) is 9.90 Å². The summed E-state index contributed by atoms with van der Waals surface area (Å²) in [6, 6.07) is 14.0. The van der Waals surface area contributed by atoms with Crippen molar-refractivity contribution >= 4 is 33.5 Å². The van der Waals surface area contributed by atoms with Gasteiger partial charge in [-0.15, -0.1) is 0 Å². The molecule has 0 amide bonds. The second-order valence-corrected chi connectivity index (χ2v) is 6.10. The molecular formula is C18H16N2O3. The standard InChI is InChI=1S/C18H16N2O3/c1-11(21)23-19-17-14-8-5-7-13-12-6-3-4-9-15(12)20(16(13)14)10-18(17,2)22/h3-9,22H,10H2,1-2H3/b19-17-. The number of rotatable bonds is 1. The van der Waals surface area contributed by atoms with E-state index in [0.717, 1.165) is 27.4 Å². The van der Waals surface area contributed by atoms with Gasteiger partial charge in [0, 0.05) is 28.8 Å². The lowest BCUT2D eigenvalue weighted by atomic mass is 9.89. The van der Waals surface area contributed by atoms with Crippen LogP contribution in [0.3, 0.4) is 0 Å². The predicted molar refractivity (Wildman–Crippen MR) is 88.4 cm³/mol. The fourth-order valence-electron chi connectivity index (χ4n) is 3.39. The number of hydrogen-bond acceptors (Lipinski definition) is 4. The summed E-state index contributed by atoms with van der Waals surface area (Å²) in [4.78, 5) is 15.9. The van der Waals surface area contributed by atoms with Gasteiger partial charge in [0.05, 0.1) is 12.1 Å². The zero-order valence-electron chi connectivity index (χ0n) is 12.9. The molecule has 23 heavy (non-hydrogen) atoms. The summed E-state index contributed by atoms with van der Waals surface area (Å²) in [6.07, 6.45) is 0. The van der Waals surface area contributed by atoms with Gasteiger partial charge in [-0.2, -0.15) is 0 Å². The minimum absolute atomic E-state index is 0.355. The van der Waals surface area contributed by atoms with Crippen LogP contribution in [0.2, 0.25) is 0 Å². The second kappa shape index (κ2) is 4.67. The molecule has 116 valence electrons. The summed E-state index contributed by atoms with van der Waals surface area (Å²) in [5.41, 5.74) is 2.02. The molecule has 1 atom stereocenters. The van der Waals surface area contributed by atoms with E-state index < -0.39 is 11.6 Å². The minimum Gasteiger partial charge on any atom is -0.382 e. The maximum atomic E-state index is 11.1. The van der Waals surface area contributed by atoms with Crippen molar-refractivity contribution in [3.63, 3.8) is 0 Å². The quantitative estimate of drug-likeness (QED) is 0.555. The Kier molecular flexibility index (Phi) is 2.83. The number of hydrogen-bond donors (Lipinski definition) is 1. The first-order chi connectivity index (χ1) is 11.0. The maximum Gasteiger partial charge on any atom is 0.331 e. The molecule has 0 fully saturated rings. The summed E-state index contributed by atoms with van der Waals surface area (Å²) in [5.74, 6) is -0.508. The highest BCUT2D eigenvalue weighted by atomic mass is 16.7. The Balaban J connectivity index is 2.10. The fourth-order valence-corrected chi connectivity index (χ4v) is 3.39. The average molecular weight is 308 g/mol. The first-order valence-electron chi connectivity index (χ1n) is 7.48. The molecule has 0 aliphatic carbocycles. The molecule has 1 aliphatic heterocycles. The Labute approximate surface area is 132 Å². The van der Waals surface area contributed by atoms with Gasteiger partial charge in [0.15, 0.2) is 0 Å². The fraction of sp³-hybridized carbons (Fsp3) is 0.222. The van der Waals surface area contributed by atoms with E-state index in [4.69, 9.17) is 4.84 Å². The molecule has 0 spiro atoms. The molecule has 2 heterocycles. The number of carbonyl (C=O) groups excluding carboxylic acids is 1. The topological polar surface area (TPSA) is 63.8 Å². The van der Waals surface area contributed by atoms with Crippen molar-refractivity contribution in [1.29, 1.82) is 0 Å². The molecular weight excluding hydrogens is 292 g/mol. The first-order valence-corrected chi connectivity index (χ1v) is 7.48. The average Bonchev–Trinajstić information content (AvgIpc) is 2.82. The molecule has 0 saturated heterocycles. The van der Waals surface area contributed by atoms with Crippen LogP contribution in [0.4, 0.5) is 0 Å². The number of oxime groups is 1. The van der Waals surface area contributed by atoms with Gasteiger partial charge in [-0.25, -0.2) is 4.79 Å². The summed E-state index contributed by atoms with van der Waals surface area (Å²) in [5, 5.41) is 17.0. The lowest BCUT2D eigenvalue weighted by molar-refractivity contribution is -0.141. The highest BCUT2D eigenvalue weighted by molar-refractivity contribution is 6.20. The van der Waals surface area contributed by atoms with E-state index in [1.165, 1.54) is 6.92 Å². The zero-order chi connectivity index (χ0) is 16.2. The van der Waals surface area contributed by atoms with Crippen molar-refractivity contribution in [3.05, 3.63) is 48.0 Å². The number of nitrogens with zero attached hydrogens (tertiary/aromatic N) is 2. The largest absolute Gasteiger partial charge is 0.382 e. The van der Waals surface area contributed by atoms with Crippen molar-refractivity contribution in [2.75, 3.05) is 0 Å². The molecule has 1 aromatic heterocycles. The van der Waals surface area contributed by atoms with Gasteiger partial charge < -0.3 is 14.5 Å². The smallest absolute Gasteiger partial charge is 0.331 e. The first kappa shape index (κ1) is 14.0. The van der Waals surface area contributed by atoms with Crippen molar-refractivity contribution < 1.29 is 14.7 Å². The Hall–Kier alpha value is -2.66. The van der Waals surface area contributed by atoms with Gasteiger partial charge in [-0.1, -0.05) is 41.6 Å². The van der Waals surface area contributed by atoms with E-state index in [2.05, 4.69) is 21.9 Å². The molecule has 0 bridgehead atoms. The molecule has 1 N–H and O–H groups in total. The molecule has 3 aromatic rings. The molecule has 1 aliphatic rings. The Morgan fingerprint density at radius 3 is 2.74 bits per heavy atom. The van der Waals surface area contributed by atoms with Gasteiger partial charge in [0.2, 0.25) is 0 Å². The SMILES string of the molecule is CC(=O)O/N=C1/c2cccc3c4ccccc4n(c23)CC1(C)O. The van der Waals surface area contributed by atoms with Crippen LogP contribution in [0.1, 0.15) is 19.4 Å². The molecule has 0 saturated carbocycles. The Morgan fingerprint density at radius 2 is 1.96 bits per heavy atom. The van der Waals surface area contributed by atoms with Crippen molar-refractivity contribution in [1.82, 2.24) is 4.57 Å². The molecule has 5 nitrogen and oxygen atoms in total. The van der Waals surface area contributed by atoms with Crippen LogP contribution >= 0.6 is 0 Å². The summed E-state index contributed by atoms with van der Waals surface area (Å²) in [6.45, 7) is 3.33. The van der Waals surface area contributed by atoms with Gasteiger partial charge in [0.25, 0.3) is 0 Å². The molecule has 4 rings (SSSR count). The number of benzene rings is 2. The second-order valence-electron chi connectivity index (χ2n) is 6.10. The lowest BCUT2D eigenvalue weighted by Crippen LogP contribution is -2.43. The maximum absolute atomic E-state index is 11.1. The third kappa shape index (κ3) is 1.97. The summed E-state index contributed by atoms with van der Waals surface area (Å²) < 4.78 is 2.10. The van der Waals surface area contributed by atoms with Crippen LogP contribution in [0.25, 0.3) is 21.8 Å². The van der Waals surface area contributed by atoms with Crippen LogP contribution in [-0.2, 0) is 16.2 Å². The molecule has 2 aromatic carbocycles. The third-order valence-electron chi connectivity index (χ3n) is 4.29. The van der Waals surface area contributed by atoms with Crippen molar-refractivity contribution in [2.45, 2.75) is 26.0 Å². The van der Waals surface area contributed by atoms with Crippen LogP contribution in [0.5, 0.6) is 0 Å². The number of aromatic nitrogens is 1. The summed E-state index contributed by atoms with van der Waals surface area (Å²) in [7, 11) is 0. The number of para-hydroxylation sites is 2. The number of fused-ring (bicyclic) bond motifs is 3. The monoisotopic (exact) mass is 308 g/mol. The summed E-state index contributed by atoms with van der Waals surface area (Å²) >= 11 is 0. The van der Waals surface area contributed by atoms with E-state index in [0.29, 0.717) is 12.3 Å². The van der Waals surface area contributed by atoms with Crippen LogP contribution in [0.15, 0.2) is 47.6 Å². The lowest BCUT2D eigenvalue weighted by Gasteiger charge is -2.31. The normalized spacial score (nSPS) is 22.0. The van der Waals surface area contributed by atoms with Gasteiger partial charge in [-0.3, -0.25) is 0 Å². The van der Waals surface area contributed by atoms with Crippen LogP contribution < -0.4 is 0 Å². The van der Waals surface area contributed by atoms with E-state index in [1.807, 2.05) is 30.3 Å². The van der Waals surface area contributed by atoms with Gasteiger partial charge in [0.1, 0.15) is 11.3 Å². The van der Waals surface area contributed by atoms with Crippen LogP contribution in [-0.4, -0.2) is 27.0 Å². The third-order valence-corrected chi connectivity index (χ3v) is 4.29. The molecule has 1 unspecified atom stereocenters. The molecule has 5 heteroatoms. The molecule has 0 radical (unpaired) electrons. The van der Waals surface area contributed by atoms with Gasteiger partial charge in [-0.05, 0) is 13.0 Å². The van der Waals surface area contributed by atoms with E-state index in [1.54, 1.807) is 6.92 Å². The highest BCUT2D eigenvalue weighted by Crippen LogP contribution is 2.37. The number of carbonyl (C=O) groups is 1. The Morgan fingerprint density at radius 1 is 1.22 bits per heavy atom. The Bertz CT molecular complexity index is 983. The van der Waals surface area contributed by atoms with E-state index in [-0.39, 0.29) is 0 Å². The highest BCUT2D eigenvalue weighted by Gasteiger charge is 2.37. The van der Waals surface area contributed by atoms with Gasteiger partial charge >= 0.3 is 5.97 Å². The van der Waals surface area contributed by atoms with E-state index >= 15 is 0 Å².